The maximum atomic E-state index is 12.0. The van der Waals surface area contributed by atoms with Crippen molar-refractivity contribution in [1.82, 2.24) is 20.2 Å². The van der Waals surface area contributed by atoms with Crippen LogP contribution in [0.2, 0.25) is 5.02 Å². The molecule has 0 unspecified atom stereocenters. The molecule has 6 nitrogen and oxygen atoms in total. The summed E-state index contributed by atoms with van der Waals surface area (Å²) in [6.07, 6.45) is 0. The Morgan fingerprint density at radius 2 is 1.96 bits per heavy atom. The molecular formula is C19H15ClN4O2. The van der Waals surface area contributed by atoms with Gasteiger partial charge in [0.05, 0.1) is 11.6 Å². The molecule has 0 radical (unpaired) electrons. The molecule has 7 heteroatoms. The molecule has 0 spiro atoms. The van der Waals surface area contributed by atoms with E-state index in [-0.39, 0.29) is 0 Å². The van der Waals surface area contributed by atoms with Gasteiger partial charge >= 0.3 is 5.63 Å². The zero-order valence-electron chi connectivity index (χ0n) is 14.2. The van der Waals surface area contributed by atoms with Crippen molar-refractivity contribution in [2.45, 2.75) is 20.4 Å². The van der Waals surface area contributed by atoms with Crippen molar-refractivity contribution in [3.63, 3.8) is 0 Å². The number of benzene rings is 2. The summed E-state index contributed by atoms with van der Waals surface area (Å²) in [5.74, 6) is 0.440. The molecule has 2 aromatic heterocycles. The first-order chi connectivity index (χ1) is 12.5. The molecule has 0 atom stereocenters. The summed E-state index contributed by atoms with van der Waals surface area (Å²) in [4.78, 5) is 13.4. The number of hydrogen-bond acceptors (Lipinski definition) is 5. The molecule has 0 aliphatic rings. The van der Waals surface area contributed by atoms with E-state index in [1.807, 2.05) is 44.2 Å². The van der Waals surface area contributed by atoms with Gasteiger partial charge in [0.2, 0.25) is 5.82 Å². The van der Waals surface area contributed by atoms with Crippen molar-refractivity contribution in [2.75, 3.05) is 0 Å². The van der Waals surface area contributed by atoms with Gasteiger partial charge in [0.15, 0.2) is 0 Å². The molecule has 0 N–H and O–H groups in total. The van der Waals surface area contributed by atoms with E-state index < -0.39 is 5.63 Å². The fourth-order valence-corrected chi connectivity index (χ4v) is 3.09. The quantitative estimate of drug-likeness (QED) is 0.516. The van der Waals surface area contributed by atoms with E-state index in [1.54, 1.807) is 6.07 Å². The number of halogens is 1. The van der Waals surface area contributed by atoms with E-state index in [2.05, 4.69) is 15.4 Å². The van der Waals surface area contributed by atoms with Gasteiger partial charge in [0.25, 0.3) is 0 Å². The molecule has 0 saturated carbocycles. The lowest BCUT2D eigenvalue weighted by Crippen LogP contribution is -2.09. The molecule has 130 valence electrons. The van der Waals surface area contributed by atoms with Crippen LogP contribution in [-0.4, -0.2) is 20.2 Å². The molecular weight excluding hydrogens is 352 g/mol. The summed E-state index contributed by atoms with van der Waals surface area (Å²) in [5, 5.41) is 14.0. The van der Waals surface area contributed by atoms with Crippen LogP contribution in [0.4, 0.5) is 0 Å². The van der Waals surface area contributed by atoms with Crippen molar-refractivity contribution < 1.29 is 4.42 Å². The van der Waals surface area contributed by atoms with Gasteiger partial charge in [0, 0.05) is 17.0 Å². The van der Waals surface area contributed by atoms with Crippen LogP contribution in [0.25, 0.3) is 22.4 Å². The van der Waals surface area contributed by atoms with Gasteiger partial charge in [-0.2, -0.15) is 4.80 Å². The topological polar surface area (TPSA) is 73.8 Å². The lowest BCUT2D eigenvalue weighted by atomic mass is 10.0. The number of tetrazole rings is 1. The first-order valence-corrected chi connectivity index (χ1v) is 8.46. The average Bonchev–Trinajstić information content (AvgIpc) is 3.07. The van der Waals surface area contributed by atoms with Gasteiger partial charge in [-0.05, 0) is 47.9 Å². The second-order valence-corrected chi connectivity index (χ2v) is 6.51. The van der Waals surface area contributed by atoms with Crippen LogP contribution in [0, 0.1) is 13.8 Å². The highest BCUT2D eigenvalue weighted by Gasteiger charge is 2.13. The SMILES string of the molecule is Cc1ccc2c(Cn3nnc(-c4ccccc4Cl)n3)cc(=O)oc2c1C. The predicted octanol–water partition coefficient (Wildman–Crippen LogP) is 3.77. The molecule has 0 aliphatic heterocycles. The predicted molar refractivity (Wildman–Crippen MR) is 99.3 cm³/mol. The van der Waals surface area contributed by atoms with Gasteiger partial charge < -0.3 is 4.42 Å². The largest absolute Gasteiger partial charge is 0.422 e. The van der Waals surface area contributed by atoms with Gasteiger partial charge in [-0.15, -0.1) is 10.2 Å². The van der Waals surface area contributed by atoms with Crippen LogP contribution in [-0.2, 0) is 6.54 Å². The Morgan fingerprint density at radius 1 is 1.15 bits per heavy atom. The number of hydrogen-bond donors (Lipinski definition) is 0. The van der Waals surface area contributed by atoms with Crippen molar-refractivity contribution in [1.29, 1.82) is 0 Å². The fraction of sp³-hybridized carbons (Fsp3) is 0.158. The van der Waals surface area contributed by atoms with Crippen LogP contribution in [0.15, 0.2) is 51.7 Å². The van der Waals surface area contributed by atoms with Gasteiger partial charge in [-0.3, -0.25) is 0 Å². The zero-order chi connectivity index (χ0) is 18.3. The summed E-state index contributed by atoms with van der Waals surface area (Å²) >= 11 is 6.19. The minimum absolute atomic E-state index is 0.308. The first-order valence-electron chi connectivity index (χ1n) is 8.08. The standard InChI is InChI=1S/C19H15ClN4O2/c1-11-7-8-14-13(9-17(25)26-18(14)12(11)2)10-24-22-19(21-23-24)15-5-3-4-6-16(15)20/h3-9H,10H2,1-2H3. The maximum absolute atomic E-state index is 12.0. The summed E-state index contributed by atoms with van der Waals surface area (Å²) in [5.41, 5.74) is 3.71. The van der Waals surface area contributed by atoms with Crippen molar-refractivity contribution in [2.24, 2.45) is 0 Å². The Bertz CT molecular complexity index is 1180. The van der Waals surface area contributed by atoms with E-state index in [4.69, 9.17) is 16.0 Å². The second-order valence-electron chi connectivity index (χ2n) is 6.10. The summed E-state index contributed by atoms with van der Waals surface area (Å²) < 4.78 is 5.40. The molecule has 0 saturated heterocycles. The Morgan fingerprint density at radius 3 is 2.77 bits per heavy atom. The number of aromatic nitrogens is 4. The first kappa shape index (κ1) is 16.5. The second kappa shape index (κ2) is 6.38. The molecule has 26 heavy (non-hydrogen) atoms. The Kier molecular flexibility index (Phi) is 4.05. The molecule has 4 rings (SSSR count). The Balaban J connectivity index is 1.76. The van der Waals surface area contributed by atoms with Crippen LogP contribution < -0.4 is 5.63 Å². The third-order valence-electron chi connectivity index (χ3n) is 4.40. The minimum atomic E-state index is -0.396. The third kappa shape index (κ3) is 2.88. The number of fused-ring (bicyclic) bond motifs is 1. The van der Waals surface area contributed by atoms with Gasteiger partial charge in [-0.25, -0.2) is 4.79 Å². The van der Waals surface area contributed by atoms with Crippen LogP contribution in [0.5, 0.6) is 0 Å². The number of nitrogens with zero attached hydrogens (tertiary/aromatic N) is 4. The molecule has 2 heterocycles. The number of rotatable bonds is 3. The maximum Gasteiger partial charge on any atom is 0.336 e. The average molecular weight is 367 g/mol. The molecule has 0 aliphatic carbocycles. The lowest BCUT2D eigenvalue weighted by Gasteiger charge is -2.08. The molecule has 0 bridgehead atoms. The van der Waals surface area contributed by atoms with E-state index in [1.165, 1.54) is 10.9 Å². The lowest BCUT2D eigenvalue weighted by molar-refractivity contribution is 0.543. The highest BCUT2D eigenvalue weighted by Crippen LogP contribution is 2.25. The van der Waals surface area contributed by atoms with Gasteiger partial charge in [-0.1, -0.05) is 35.9 Å². The van der Waals surface area contributed by atoms with Crippen LogP contribution >= 0.6 is 11.6 Å². The Hall–Kier alpha value is -2.99. The van der Waals surface area contributed by atoms with E-state index in [0.717, 1.165) is 22.1 Å². The van der Waals surface area contributed by atoms with Crippen molar-refractivity contribution in [3.8, 4) is 11.4 Å². The van der Waals surface area contributed by atoms with E-state index in [0.29, 0.717) is 28.5 Å². The highest BCUT2D eigenvalue weighted by atomic mass is 35.5. The summed E-state index contributed by atoms with van der Waals surface area (Å²) in [7, 11) is 0. The third-order valence-corrected chi connectivity index (χ3v) is 4.73. The smallest absolute Gasteiger partial charge is 0.336 e. The Labute approximate surface area is 154 Å². The molecule has 2 aromatic carbocycles. The van der Waals surface area contributed by atoms with Crippen LogP contribution in [0.3, 0.4) is 0 Å². The van der Waals surface area contributed by atoms with E-state index >= 15 is 0 Å². The summed E-state index contributed by atoms with van der Waals surface area (Å²) in [6.45, 7) is 4.23. The van der Waals surface area contributed by atoms with Crippen molar-refractivity contribution >= 4 is 22.6 Å². The molecule has 4 aromatic rings. The highest BCUT2D eigenvalue weighted by molar-refractivity contribution is 6.33. The van der Waals surface area contributed by atoms with Crippen molar-refractivity contribution in [3.05, 3.63) is 74.6 Å². The number of aryl methyl sites for hydroxylation is 2. The molecule has 0 amide bonds. The molecule has 0 fully saturated rings. The zero-order valence-corrected chi connectivity index (χ0v) is 15.0. The van der Waals surface area contributed by atoms with Crippen LogP contribution in [0.1, 0.15) is 16.7 Å². The van der Waals surface area contributed by atoms with Gasteiger partial charge in [0.1, 0.15) is 5.58 Å². The normalized spacial score (nSPS) is 11.2. The monoisotopic (exact) mass is 366 g/mol. The summed E-state index contributed by atoms with van der Waals surface area (Å²) in [6, 6.07) is 12.7. The minimum Gasteiger partial charge on any atom is -0.422 e. The fourth-order valence-electron chi connectivity index (χ4n) is 2.87. The van der Waals surface area contributed by atoms with E-state index in [9.17, 15) is 4.79 Å².